The van der Waals surface area contributed by atoms with Crippen LogP contribution in [0.5, 0.6) is 0 Å². The van der Waals surface area contributed by atoms with E-state index in [-0.39, 0.29) is 11.3 Å². The number of aromatic nitrogens is 1. The molecule has 13 heavy (non-hydrogen) atoms. The van der Waals surface area contributed by atoms with Crippen LogP contribution >= 0.6 is 0 Å². The van der Waals surface area contributed by atoms with E-state index in [2.05, 4.69) is 24.1 Å². The summed E-state index contributed by atoms with van der Waals surface area (Å²) in [6, 6.07) is 3.99. The molecule has 72 valence electrons. The molecule has 0 aliphatic heterocycles. The fraction of sp³-hybridized carbons (Fsp3) is 0.500. The summed E-state index contributed by atoms with van der Waals surface area (Å²) in [7, 11) is 0. The molecule has 0 spiro atoms. The van der Waals surface area contributed by atoms with Crippen LogP contribution in [-0.2, 0) is 10.2 Å². The highest BCUT2D eigenvalue weighted by Gasteiger charge is 2.21. The first kappa shape index (κ1) is 9.84. The summed E-state index contributed by atoms with van der Waals surface area (Å²) in [5.74, 6) is 0.0135. The van der Waals surface area contributed by atoms with Crippen LogP contribution in [0, 0.1) is 0 Å². The first-order valence-electron chi connectivity index (χ1n) is 4.41. The van der Waals surface area contributed by atoms with Crippen LogP contribution in [0.15, 0.2) is 18.3 Å². The maximum absolute atomic E-state index is 10.7. The smallest absolute Gasteiger partial charge is 0.216 e. The van der Waals surface area contributed by atoms with Gasteiger partial charge in [-0.3, -0.25) is 4.79 Å². The van der Waals surface area contributed by atoms with Gasteiger partial charge in [-0.05, 0) is 12.1 Å². The number of carbonyl (C=O) groups is 1. The summed E-state index contributed by atoms with van der Waals surface area (Å²) < 4.78 is 0. The molecule has 3 heteroatoms. The minimum Gasteiger partial charge on any atom is -0.364 e. The van der Waals surface area contributed by atoms with Crippen molar-refractivity contribution in [3.63, 3.8) is 0 Å². The van der Waals surface area contributed by atoms with Crippen molar-refractivity contribution in [3.8, 4) is 0 Å². The van der Waals surface area contributed by atoms with Gasteiger partial charge < -0.3 is 10.3 Å². The lowest BCUT2D eigenvalue weighted by atomic mass is 9.89. The highest BCUT2D eigenvalue weighted by molar-refractivity contribution is 5.72. The highest BCUT2D eigenvalue weighted by atomic mass is 16.1. The lowest BCUT2D eigenvalue weighted by Gasteiger charge is -2.23. The average molecular weight is 180 g/mol. The number of nitrogens with one attached hydrogen (secondary N) is 2. The molecular weight excluding hydrogens is 164 g/mol. The molecule has 0 saturated carbocycles. The van der Waals surface area contributed by atoms with Crippen molar-refractivity contribution in [2.24, 2.45) is 0 Å². The predicted octanol–water partition coefficient (Wildman–Crippen LogP) is 1.43. The Hall–Kier alpha value is -1.25. The van der Waals surface area contributed by atoms with Crippen molar-refractivity contribution in [2.75, 3.05) is 6.54 Å². The number of aromatic amines is 1. The molecule has 0 saturated heterocycles. The second kappa shape index (κ2) is 3.64. The van der Waals surface area contributed by atoms with Gasteiger partial charge in [0.05, 0.1) is 0 Å². The normalized spacial score (nSPS) is 11.3. The summed E-state index contributed by atoms with van der Waals surface area (Å²) in [6.45, 7) is 6.37. The molecular formula is C10H16N2O. The monoisotopic (exact) mass is 180 g/mol. The molecule has 0 aromatic carbocycles. The number of carbonyl (C=O) groups excluding carboxylic acids is 1. The van der Waals surface area contributed by atoms with Gasteiger partial charge in [-0.25, -0.2) is 0 Å². The second-order valence-corrected chi connectivity index (χ2v) is 3.88. The van der Waals surface area contributed by atoms with E-state index in [9.17, 15) is 4.79 Å². The van der Waals surface area contributed by atoms with E-state index in [0.717, 1.165) is 5.69 Å². The molecule has 0 aliphatic rings. The SMILES string of the molecule is CC(=O)NCC(C)(C)c1ccc[nH]1. The molecule has 1 rings (SSSR count). The number of rotatable bonds is 3. The Kier molecular flexibility index (Phi) is 2.76. The van der Waals surface area contributed by atoms with Crippen LogP contribution in [0.1, 0.15) is 26.5 Å². The zero-order chi connectivity index (χ0) is 9.90. The Bertz CT molecular complexity index is 275. The summed E-state index contributed by atoms with van der Waals surface area (Å²) in [5.41, 5.74) is 1.11. The van der Waals surface area contributed by atoms with E-state index < -0.39 is 0 Å². The molecule has 0 aliphatic carbocycles. The Labute approximate surface area is 78.5 Å². The Morgan fingerprint density at radius 3 is 2.77 bits per heavy atom. The molecule has 0 atom stereocenters. The molecule has 1 amide bonds. The van der Waals surface area contributed by atoms with Crippen molar-refractivity contribution >= 4 is 5.91 Å². The molecule has 1 aromatic rings. The number of H-pyrrole nitrogens is 1. The fourth-order valence-electron chi connectivity index (χ4n) is 1.19. The van der Waals surface area contributed by atoms with E-state index in [1.165, 1.54) is 6.92 Å². The van der Waals surface area contributed by atoms with Gasteiger partial charge in [0, 0.05) is 30.8 Å². The van der Waals surface area contributed by atoms with E-state index in [0.29, 0.717) is 6.54 Å². The van der Waals surface area contributed by atoms with Gasteiger partial charge in [-0.1, -0.05) is 13.8 Å². The van der Waals surface area contributed by atoms with Crippen molar-refractivity contribution in [1.82, 2.24) is 10.3 Å². The molecule has 0 bridgehead atoms. The third-order valence-electron chi connectivity index (χ3n) is 2.11. The molecule has 0 radical (unpaired) electrons. The van der Waals surface area contributed by atoms with Crippen molar-refractivity contribution in [3.05, 3.63) is 24.0 Å². The van der Waals surface area contributed by atoms with Crippen molar-refractivity contribution < 1.29 is 4.79 Å². The van der Waals surface area contributed by atoms with Gasteiger partial charge in [-0.2, -0.15) is 0 Å². The van der Waals surface area contributed by atoms with Crippen molar-refractivity contribution in [1.29, 1.82) is 0 Å². The summed E-state index contributed by atoms with van der Waals surface area (Å²) >= 11 is 0. The molecule has 3 nitrogen and oxygen atoms in total. The minimum absolute atomic E-state index is 0.0135. The predicted molar refractivity (Wildman–Crippen MR) is 52.5 cm³/mol. The lowest BCUT2D eigenvalue weighted by Crippen LogP contribution is -2.35. The number of hydrogen-bond acceptors (Lipinski definition) is 1. The van der Waals surface area contributed by atoms with Crippen LogP contribution in [0.25, 0.3) is 0 Å². The van der Waals surface area contributed by atoms with Gasteiger partial charge in [0.15, 0.2) is 0 Å². The number of hydrogen-bond donors (Lipinski definition) is 2. The lowest BCUT2D eigenvalue weighted by molar-refractivity contribution is -0.119. The van der Waals surface area contributed by atoms with Crippen LogP contribution in [0.2, 0.25) is 0 Å². The summed E-state index contributed by atoms with van der Waals surface area (Å²) in [4.78, 5) is 13.9. The van der Waals surface area contributed by atoms with E-state index in [1.54, 1.807) is 0 Å². The van der Waals surface area contributed by atoms with Crippen LogP contribution in [-0.4, -0.2) is 17.4 Å². The third kappa shape index (κ3) is 2.61. The van der Waals surface area contributed by atoms with Gasteiger partial charge in [0.1, 0.15) is 0 Å². The molecule has 0 unspecified atom stereocenters. The van der Waals surface area contributed by atoms with E-state index in [4.69, 9.17) is 0 Å². The summed E-state index contributed by atoms with van der Waals surface area (Å²) in [6.07, 6.45) is 1.89. The topological polar surface area (TPSA) is 44.9 Å². The Morgan fingerprint density at radius 2 is 2.31 bits per heavy atom. The average Bonchev–Trinajstić information content (AvgIpc) is 2.53. The van der Waals surface area contributed by atoms with E-state index in [1.807, 2.05) is 18.3 Å². The molecule has 1 heterocycles. The quantitative estimate of drug-likeness (QED) is 0.726. The molecule has 0 fully saturated rings. The largest absolute Gasteiger partial charge is 0.364 e. The molecule has 1 aromatic heterocycles. The third-order valence-corrected chi connectivity index (χ3v) is 2.11. The molecule has 2 N–H and O–H groups in total. The Balaban J connectivity index is 2.61. The van der Waals surface area contributed by atoms with E-state index >= 15 is 0 Å². The second-order valence-electron chi connectivity index (χ2n) is 3.88. The number of amides is 1. The zero-order valence-electron chi connectivity index (χ0n) is 8.35. The van der Waals surface area contributed by atoms with Crippen LogP contribution in [0.3, 0.4) is 0 Å². The first-order chi connectivity index (χ1) is 6.02. The highest BCUT2D eigenvalue weighted by Crippen LogP contribution is 2.19. The maximum Gasteiger partial charge on any atom is 0.216 e. The standard InChI is InChI=1S/C10H16N2O/c1-8(13)12-7-10(2,3)9-5-4-6-11-9/h4-6,11H,7H2,1-3H3,(H,12,13). The van der Waals surface area contributed by atoms with Gasteiger partial charge in [0.2, 0.25) is 5.91 Å². The zero-order valence-corrected chi connectivity index (χ0v) is 8.35. The van der Waals surface area contributed by atoms with Crippen LogP contribution < -0.4 is 5.32 Å². The van der Waals surface area contributed by atoms with Gasteiger partial charge in [0.25, 0.3) is 0 Å². The maximum atomic E-state index is 10.7. The first-order valence-corrected chi connectivity index (χ1v) is 4.41. The van der Waals surface area contributed by atoms with Gasteiger partial charge in [-0.15, -0.1) is 0 Å². The summed E-state index contributed by atoms with van der Waals surface area (Å²) in [5, 5.41) is 2.82. The van der Waals surface area contributed by atoms with Gasteiger partial charge >= 0.3 is 0 Å². The van der Waals surface area contributed by atoms with Crippen LogP contribution in [0.4, 0.5) is 0 Å². The fourth-order valence-corrected chi connectivity index (χ4v) is 1.19. The Morgan fingerprint density at radius 1 is 1.62 bits per heavy atom. The van der Waals surface area contributed by atoms with Crippen molar-refractivity contribution in [2.45, 2.75) is 26.2 Å². The minimum atomic E-state index is -0.0326.